The summed E-state index contributed by atoms with van der Waals surface area (Å²) < 4.78 is 1.84. The topological polar surface area (TPSA) is 43.1 Å². The second kappa shape index (κ2) is 7.26. The van der Waals surface area contributed by atoms with Crippen LogP contribution in [0.5, 0.6) is 0 Å². The summed E-state index contributed by atoms with van der Waals surface area (Å²) in [4.78, 5) is 9.65. The van der Waals surface area contributed by atoms with Crippen molar-refractivity contribution >= 4 is 39.9 Å². The average molecular weight is 403 g/mol. The number of para-hydroxylation sites is 1. The minimum atomic E-state index is 0.693. The summed E-state index contributed by atoms with van der Waals surface area (Å²) >= 11 is 7.92. The molecule has 2 heterocycles. The van der Waals surface area contributed by atoms with Crippen LogP contribution in [0, 0.1) is 0 Å². The maximum Gasteiger partial charge on any atom is 0.191 e. The van der Waals surface area contributed by atoms with Crippen molar-refractivity contribution in [2.24, 2.45) is 0 Å². The minimum Gasteiger partial charge on any atom is -0.222 e. The molecule has 0 N–H and O–H groups in total. The fraction of sp³-hybridized carbons (Fsp3) is 0.0455. The van der Waals surface area contributed by atoms with Crippen molar-refractivity contribution in [3.05, 3.63) is 89.4 Å². The van der Waals surface area contributed by atoms with E-state index in [4.69, 9.17) is 26.7 Å². The van der Waals surface area contributed by atoms with Gasteiger partial charge in [-0.3, -0.25) is 0 Å². The molecule has 0 amide bonds. The molecule has 0 radical (unpaired) electrons. The normalized spacial score (nSPS) is 11.3. The Balaban J connectivity index is 1.64. The molecule has 0 saturated heterocycles. The van der Waals surface area contributed by atoms with Gasteiger partial charge in [-0.1, -0.05) is 84.0 Å². The van der Waals surface area contributed by atoms with Gasteiger partial charge >= 0.3 is 0 Å². The first-order valence-electron chi connectivity index (χ1n) is 8.87. The van der Waals surface area contributed by atoms with Crippen LogP contribution in [-0.2, 0) is 5.75 Å². The number of hydrogen-bond acceptors (Lipinski definition) is 4. The third-order valence-corrected chi connectivity index (χ3v) is 5.84. The number of nitrogens with zero attached hydrogens (tertiary/aromatic N) is 4. The molecular weight excluding hydrogens is 388 g/mol. The number of fused-ring (bicyclic) bond motifs is 3. The zero-order valence-electron chi connectivity index (χ0n) is 14.8. The lowest BCUT2D eigenvalue weighted by atomic mass is 10.2. The SMILES string of the molecule is Clc1ccccc1CSc1nc2ccccc2c2nc(-c3ccccc3)nn12. The molecule has 5 rings (SSSR count). The molecular formula is C22H15ClN4S. The highest BCUT2D eigenvalue weighted by molar-refractivity contribution is 7.98. The van der Waals surface area contributed by atoms with Crippen molar-refractivity contribution in [1.29, 1.82) is 0 Å². The van der Waals surface area contributed by atoms with E-state index >= 15 is 0 Å². The number of aromatic nitrogens is 4. The Morgan fingerprint density at radius 3 is 2.43 bits per heavy atom. The van der Waals surface area contributed by atoms with E-state index in [2.05, 4.69) is 0 Å². The molecule has 0 spiro atoms. The molecule has 0 aliphatic rings. The minimum absolute atomic E-state index is 0.693. The van der Waals surface area contributed by atoms with Crippen LogP contribution in [-0.4, -0.2) is 19.6 Å². The molecule has 0 saturated carbocycles. The average Bonchev–Trinajstić information content (AvgIpc) is 3.20. The van der Waals surface area contributed by atoms with Crippen molar-refractivity contribution in [2.45, 2.75) is 10.9 Å². The summed E-state index contributed by atoms with van der Waals surface area (Å²) in [6.07, 6.45) is 0. The third kappa shape index (κ3) is 3.13. The third-order valence-electron chi connectivity index (χ3n) is 4.50. The quantitative estimate of drug-likeness (QED) is 0.277. The summed E-state index contributed by atoms with van der Waals surface area (Å²) in [5.41, 5.74) is 3.77. The molecule has 0 fully saturated rings. The lowest BCUT2D eigenvalue weighted by Gasteiger charge is -2.07. The van der Waals surface area contributed by atoms with Gasteiger partial charge in [0.05, 0.1) is 5.52 Å². The van der Waals surface area contributed by atoms with E-state index in [0.717, 1.165) is 37.9 Å². The molecule has 28 heavy (non-hydrogen) atoms. The van der Waals surface area contributed by atoms with Crippen molar-refractivity contribution in [1.82, 2.24) is 19.6 Å². The highest BCUT2D eigenvalue weighted by Crippen LogP contribution is 2.29. The Labute approximate surface area is 171 Å². The molecule has 136 valence electrons. The van der Waals surface area contributed by atoms with Crippen LogP contribution >= 0.6 is 23.4 Å². The first kappa shape index (κ1) is 17.2. The number of rotatable bonds is 4. The van der Waals surface area contributed by atoms with E-state index in [0.29, 0.717) is 11.6 Å². The predicted octanol–water partition coefficient (Wildman–Crippen LogP) is 5.89. The Bertz CT molecular complexity index is 1280. The fourth-order valence-corrected chi connectivity index (χ4v) is 4.32. The molecule has 0 bridgehead atoms. The van der Waals surface area contributed by atoms with Crippen LogP contribution in [0.25, 0.3) is 27.9 Å². The van der Waals surface area contributed by atoms with Crippen LogP contribution in [0.4, 0.5) is 0 Å². The maximum absolute atomic E-state index is 6.32. The summed E-state index contributed by atoms with van der Waals surface area (Å²) in [7, 11) is 0. The van der Waals surface area contributed by atoms with Crippen LogP contribution < -0.4 is 0 Å². The van der Waals surface area contributed by atoms with Gasteiger partial charge in [0, 0.05) is 21.7 Å². The Kier molecular flexibility index (Phi) is 4.47. The molecule has 0 aliphatic heterocycles. The Morgan fingerprint density at radius 2 is 1.57 bits per heavy atom. The number of benzene rings is 3. The van der Waals surface area contributed by atoms with E-state index in [1.54, 1.807) is 11.8 Å². The van der Waals surface area contributed by atoms with Crippen LogP contribution in [0.1, 0.15) is 5.56 Å². The fourth-order valence-electron chi connectivity index (χ4n) is 3.09. The highest BCUT2D eigenvalue weighted by atomic mass is 35.5. The van der Waals surface area contributed by atoms with Gasteiger partial charge in [0.2, 0.25) is 0 Å². The van der Waals surface area contributed by atoms with Gasteiger partial charge in [-0.05, 0) is 23.8 Å². The van der Waals surface area contributed by atoms with Crippen molar-refractivity contribution in [2.75, 3.05) is 0 Å². The summed E-state index contributed by atoms with van der Waals surface area (Å²) in [5, 5.41) is 7.30. The van der Waals surface area contributed by atoms with Crippen LogP contribution in [0.2, 0.25) is 5.02 Å². The van der Waals surface area contributed by atoms with Crippen LogP contribution in [0.3, 0.4) is 0 Å². The largest absolute Gasteiger partial charge is 0.222 e. The Morgan fingerprint density at radius 1 is 0.821 bits per heavy atom. The first-order valence-corrected chi connectivity index (χ1v) is 10.2. The lowest BCUT2D eigenvalue weighted by molar-refractivity contribution is 0.811. The van der Waals surface area contributed by atoms with Gasteiger partial charge in [-0.15, -0.1) is 5.10 Å². The highest BCUT2D eigenvalue weighted by Gasteiger charge is 2.15. The second-order valence-electron chi connectivity index (χ2n) is 6.33. The molecule has 0 atom stereocenters. The lowest BCUT2D eigenvalue weighted by Crippen LogP contribution is -1.98. The predicted molar refractivity (Wildman–Crippen MR) is 115 cm³/mol. The summed E-state index contributed by atoms with van der Waals surface area (Å²) in [5.74, 6) is 1.40. The molecule has 6 heteroatoms. The molecule has 4 nitrogen and oxygen atoms in total. The van der Waals surface area contributed by atoms with Crippen molar-refractivity contribution in [3.8, 4) is 11.4 Å². The van der Waals surface area contributed by atoms with Gasteiger partial charge in [0.25, 0.3) is 0 Å². The molecule has 3 aromatic carbocycles. The first-order chi connectivity index (χ1) is 13.8. The smallest absolute Gasteiger partial charge is 0.191 e. The zero-order chi connectivity index (χ0) is 18.9. The van der Waals surface area contributed by atoms with Gasteiger partial charge in [-0.2, -0.15) is 4.52 Å². The van der Waals surface area contributed by atoms with Gasteiger partial charge in [0.1, 0.15) is 0 Å². The molecule has 0 aliphatic carbocycles. The molecule has 0 unspecified atom stereocenters. The standard InChI is InChI=1S/C22H15ClN4S/c23-18-12-6-4-10-16(18)14-28-22-24-19-13-7-5-11-17(19)21-25-20(26-27(21)22)15-8-2-1-3-9-15/h1-13H,14H2. The maximum atomic E-state index is 6.32. The van der Waals surface area contributed by atoms with E-state index < -0.39 is 0 Å². The summed E-state index contributed by atoms with van der Waals surface area (Å²) in [6.45, 7) is 0. The summed E-state index contributed by atoms with van der Waals surface area (Å²) in [6, 6.07) is 25.9. The van der Waals surface area contributed by atoms with E-state index in [9.17, 15) is 0 Å². The van der Waals surface area contributed by atoms with Crippen LogP contribution in [0.15, 0.2) is 84.0 Å². The Hall–Kier alpha value is -2.89. The molecule has 2 aromatic heterocycles. The van der Waals surface area contributed by atoms with E-state index in [1.165, 1.54) is 0 Å². The van der Waals surface area contributed by atoms with Crippen molar-refractivity contribution in [3.63, 3.8) is 0 Å². The monoisotopic (exact) mass is 402 g/mol. The van der Waals surface area contributed by atoms with E-state index in [-0.39, 0.29) is 0 Å². The van der Waals surface area contributed by atoms with Gasteiger partial charge < -0.3 is 0 Å². The second-order valence-corrected chi connectivity index (χ2v) is 7.68. The van der Waals surface area contributed by atoms with Gasteiger partial charge in [0.15, 0.2) is 16.6 Å². The zero-order valence-corrected chi connectivity index (χ0v) is 16.4. The van der Waals surface area contributed by atoms with Gasteiger partial charge in [-0.25, -0.2) is 9.97 Å². The number of hydrogen-bond donors (Lipinski definition) is 0. The van der Waals surface area contributed by atoms with Crippen molar-refractivity contribution < 1.29 is 0 Å². The molecule has 5 aromatic rings. The number of thioether (sulfide) groups is 1. The number of halogens is 1. The van der Waals surface area contributed by atoms with E-state index in [1.807, 2.05) is 83.4 Å².